The fraction of sp³-hybridized carbons (Fsp3) is 0.400. The van der Waals surface area contributed by atoms with Crippen molar-refractivity contribution >= 4 is 26.7 Å². The Kier molecular flexibility index (Phi) is 6.01. The molecule has 0 aliphatic heterocycles. The molecule has 0 radical (unpaired) electrons. The topological polar surface area (TPSA) is 97.5 Å². The second-order valence-electron chi connectivity index (χ2n) is 9.33. The normalized spacial score (nSPS) is 15.5. The molecule has 0 unspecified atom stereocenters. The van der Waals surface area contributed by atoms with Gasteiger partial charge in [-0.25, -0.2) is 13.1 Å². The second kappa shape index (κ2) is 8.50. The van der Waals surface area contributed by atoms with Gasteiger partial charge in [0.1, 0.15) is 0 Å². The Labute approximate surface area is 194 Å². The van der Waals surface area contributed by atoms with Gasteiger partial charge in [0, 0.05) is 35.1 Å². The van der Waals surface area contributed by atoms with Crippen LogP contribution >= 0.6 is 0 Å². The number of carbonyl (C=O) groups is 1. The third kappa shape index (κ3) is 4.50. The number of H-pyrrole nitrogens is 1. The van der Waals surface area contributed by atoms with Gasteiger partial charge in [-0.3, -0.25) is 4.79 Å². The minimum absolute atomic E-state index is 0.102. The van der Waals surface area contributed by atoms with Crippen LogP contribution in [0.5, 0.6) is 11.5 Å². The van der Waals surface area contributed by atoms with E-state index in [0.717, 1.165) is 23.1 Å². The molecule has 7 nitrogen and oxygen atoms in total. The maximum absolute atomic E-state index is 13.2. The Hall–Kier alpha value is -2.84. The SMILES string of the molecule is CCOc1ccc(CNS(=O)(=O)c2cc3[nH]c4c(c3cc2C)C(=O)CC(C)(C)C4)cc1OC. The number of carbonyl (C=O) groups excluding carboxylic acids is 1. The molecule has 1 aliphatic carbocycles. The van der Waals surface area contributed by atoms with Crippen LogP contribution in [0.25, 0.3) is 10.9 Å². The van der Waals surface area contributed by atoms with Crippen molar-refractivity contribution in [1.29, 1.82) is 0 Å². The van der Waals surface area contributed by atoms with E-state index in [1.54, 1.807) is 44.4 Å². The highest BCUT2D eigenvalue weighted by atomic mass is 32.2. The zero-order valence-electron chi connectivity index (χ0n) is 19.7. The van der Waals surface area contributed by atoms with Gasteiger partial charge in [-0.2, -0.15) is 0 Å². The lowest BCUT2D eigenvalue weighted by molar-refractivity contribution is 0.0913. The van der Waals surface area contributed by atoms with Crippen LogP contribution < -0.4 is 14.2 Å². The molecule has 0 saturated carbocycles. The van der Waals surface area contributed by atoms with E-state index in [4.69, 9.17) is 9.47 Å². The maximum atomic E-state index is 13.2. The van der Waals surface area contributed by atoms with Crippen molar-refractivity contribution in [3.63, 3.8) is 0 Å². The summed E-state index contributed by atoms with van der Waals surface area (Å²) in [7, 11) is -2.24. The Bertz CT molecular complexity index is 1340. The molecule has 3 aromatic rings. The Morgan fingerprint density at radius 2 is 1.88 bits per heavy atom. The van der Waals surface area contributed by atoms with Crippen LogP contribution in [0.4, 0.5) is 0 Å². The van der Waals surface area contributed by atoms with Crippen LogP contribution in [0.1, 0.15) is 54.4 Å². The molecule has 0 spiro atoms. The molecule has 8 heteroatoms. The molecule has 0 saturated heterocycles. The first-order valence-corrected chi connectivity index (χ1v) is 12.5. The van der Waals surface area contributed by atoms with Crippen molar-refractivity contribution < 1.29 is 22.7 Å². The fourth-order valence-corrected chi connectivity index (χ4v) is 5.81. The molecule has 1 aromatic heterocycles. The number of aryl methyl sites for hydroxylation is 1. The van der Waals surface area contributed by atoms with E-state index in [0.29, 0.717) is 41.2 Å². The van der Waals surface area contributed by atoms with E-state index in [9.17, 15) is 13.2 Å². The summed E-state index contributed by atoms with van der Waals surface area (Å²) in [5, 5.41) is 0.790. The summed E-state index contributed by atoms with van der Waals surface area (Å²) in [5.74, 6) is 1.27. The maximum Gasteiger partial charge on any atom is 0.241 e. The lowest BCUT2D eigenvalue weighted by Crippen LogP contribution is -2.26. The summed E-state index contributed by atoms with van der Waals surface area (Å²) >= 11 is 0. The number of aromatic amines is 1. The number of hydrogen-bond acceptors (Lipinski definition) is 5. The van der Waals surface area contributed by atoms with Crippen LogP contribution in [0, 0.1) is 12.3 Å². The average molecular weight is 471 g/mol. The predicted octanol–water partition coefficient (Wildman–Crippen LogP) is 4.52. The summed E-state index contributed by atoms with van der Waals surface area (Å²) in [6.45, 7) is 8.40. The first-order valence-electron chi connectivity index (χ1n) is 11.0. The molecule has 1 aliphatic rings. The lowest BCUT2D eigenvalue weighted by atomic mass is 9.76. The molecular weight excluding hydrogens is 440 g/mol. The number of methoxy groups -OCH3 is 1. The van der Waals surface area contributed by atoms with Crippen molar-refractivity contribution in [1.82, 2.24) is 9.71 Å². The number of benzene rings is 2. The van der Waals surface area contributed by atoms with Crippen LogP contribution in [0.3, 0.4) is 0 Å². The van der Waals surface area contributed by atoms with Crippen molar-refractivity contribution in [3.05, 3.63) is 52.7 Å². The molecule has 2 N–H and O–H groups in total. The highest BCUT2D eigenvalue weighted by molar-refractivity contribution is 7.89. The van der Waals surface area contributed by atoms with Gasteiger partial charge in [-0.05, 0) is 61.1 Å². The summed E-state index contributed by atoms with van der Waals surface area (Å²) in [4.78, 5) is 16.3. The number of Topliss-reactive ketones (excluding diaryl/α,β-unsaturated/α-hetero) is 1. The third-order valence-electron chi connectivity index (χ3n) is 6.03. The number of fused-ring (bicyclic) bond motifs is 3. The molecule has 0 fully saturated rings. The summed E-state index contributed by atoms with van der Waals surface area (Å²) in [6.07, 6.45) is 1.24. The largest absolute Gasteiger partial charge is 0.493 e. The average Bonchev–Trinajstić information content (AvgIpc) is 3.08. The van der Waals surface area contributed by atoms with Gasteiger partial charge in [0.05, 0.1) is 18.6 Å². The molecule has 176 valence electrons. The minimum atomic E-state index is -3.79. The highest BCUT2D eigenvalue weighted by Gasteiger charge is 2.34. The number of ether oxygens (including phenoxy) is 2. The van der Waals surface area contributed by atoms with E-state index in [2.05, 4.69) is 23.6 Å². The molecule has 33 heavy (non-hydrogen) atoms. The van der Waals surface area contributed by atoms with Crippen LogP contribution in [-0.4, -0.2) is 32.9 Å². The predicted molar refractivity (Wildman–Crippen MR) is 128 cm³/mol. The third-order valence-corrected chi connectivity index (χ3v) is 7.57. The van der Waals surface area contributed by atoms with Crippen molar-refractivity contribution in [2.24, 2.45) is 5.41 Å². The molecular formula is C25H30N2O5S. The number of aromatic nitrogens is 1. The van der Waals surface area contributed by atoms with E-state index in [1.165, 1.54) is 0 Å². The summed E-state index contributed by atoms with van der Waals surface area (Å²) in [6, 6.07) is 8.76. The van der Waals surface area contributed by atoms with Crippen LogP contribution in [0.15, 0.2) is 35.2 Å². The Morgan fingerprint density at radius 1 is 1.12 bits per heavy atom. The highest BCUT2D eigenvalue weighted by Crippen LogP contribution is 2.39. The number of ketones is 1. The van der Waals surface area contributed by atoms with E-state index >= 15 is 0 Å². The molecule has 2 aromatic carbocycles. The summed E-state index contributed by atoms with van der Waals surface area (Å²) in [5.41, 5.74) is 3.48. The zero-order chi connectivity index (χ0) is 24.0. The number of rotatable bonds is 7. The van der Waals surface area contributed by atoms with Gasteiger partial charge in [-0.1, -0.05) is 19.9 Å². The summed E-state index contributed by atoms with van der Waals surface area (Å²) < 4.78 is 39.9. The molecule has 1 heterocycles. The Morgan fingerprint density at radius 3 is 2.58 bits per heavy atom. The van der Waals surface area contributed by atoms with Gasteiger partial charge < -0.3 is 14.5 Å². The molecule has 4 rings (SSSR count). The van der Waals surface area contributed by atoms with E-state index in [-0.39, 0.29) is 22.6 Å². The minimum Gasteiger partial charge on any atom is -0.493 e. The van der Waals surface area contributed by atoms with Gasteiger partial charge in [0.25, 0.3) is 0 Å². The van der Waals surface area contributed by atoms with Crippen LogP contribution in [-0.2, 0) is 23.0 Å². The first-order chi connectivity index (χ1) is 15.5. The van der Waals surface area contributed by atoms with Gasteiger partial charge >= 0.3 is 0 Å². The smallest absolute Gasteiger partial charge is 0.241 e. The number of nitrogens with one attached hydrogen (secondary N) is 2. The van der Waals surface area contributed by atoms with Crippen LogP contribution in [0.2, 0.25) is 0 Å². The quantitative estimate of drug-likeness (QED) is 0.529. The monoisotopic (exact) mass is 470 g/mol. The van der Waals surface area contributed by atoms with Crippen molar-refractivity contribution in [2.45, 2.75) is 52.0 Å². The van der Waals surface area contributed by atoms with Gasteiger partial charge in [-0.15, -0.1) is 0 Å². The lowest BCUT2D eigenvalue weighted by Gasteiger charge is -2.28. The first kappa shape index (κ1) is 23.3. The van der Waals surface area contributed by atoms with Crippen molar-refractivity contribution in [3.8, 4) is 11.5 Å². The van der Waals surface area contributed by atoms with Gasteiger partial charge in [0.2, 0.25) is 10.0 Å². The number of hydrogen-bond donors (Lipinski definition) is 2. The fourth-order valence-electron chi connectivity index (χ4n) is 4.54. The van der Waals surface area contributed by atoms with E-state index in [1.807, 2.05) is 6.92 Å². The van der Waals surface area contributed by atoms with Gasteiger partial charge in [0.15, 0.2) is 17.3 Å². The second-order valence-corrected chi connectivity index (χ2v) is 11.1. The number of sulfonamides is 1. The Balaban J connectivity index is 1.63. The molecule has 0 amide bonds. The standard InChI is InChI=1S/C25H30N2O5S/c1-6-32-21-8-7-16(10-22(21)31-5)14-26-33(29,30)23-11-18-17(9-15(23)2)24-19(27-18)12-25(3,4)13-20(24)28/h7-11,26-27H,6,12-14H2,1-5H3. The van der Waals surface area contributed by atoms with Crippen molar-refractivity contribution in [2.75, 3.05) is 13.7 Å². The molecule has 0 bridgehead atoms. The zero-order valence-corrected chi connectivity index (χ0v) is 20.5. The van der Waals surface area contributed by atoms with E-state index < -0.39 is 10.0 Å². The molecule has 0 atom stereocenters.